The van der Waals surface area contributed by atoms with E-state index in [0.717, 1.165) is 25.5 Å². The number of carbonyl (C=O) groups is 2. The van der Waals surface area contributed by atoms with E-state index in [9.17, 15) is 23.1 Å². The average molecular weight is 305 g/mol. The lowest BCUT2D eigenvalue weighted by Crippen LogP contribution is -2.56. The number of nitrogens with one attached hydrogen (secondary N) is 1. The van der Waals surface area contributed by atoms with E-state index in [-0.39, 0.29) is 12.2 Å². The van der Waals surface area contributed by atoms with Crippen molar-refractivity contribution < 1.29 is 23.1 Å². The van der Waals surface area contributed by atoms with Gasteiger partial charge in [-0.3, -0.25) is 4.79 Å². The van der Waals surface area contributed by atoms with Gasteiger partial charge in [-0.2, -0.15) is 0 Å². The van der Waals surface area contributed by atoms with Gasteiger partial charge in [-0.05, 0) is 31.6 Å². The second-order valence-corrected chi connectivity index (χ2v) is 7.93. The molecule has 0 unspecified atom stereocenters. The molecule has 0 aromatic heterocycles. The van der Waals surface area contributed by atoms with Crippen molar-refractivity contribution in [2.45, 2.75) is 51.0 Å². The van der Waals surface area contributed by atoms with Crippen molar-refractivity contribution in [2.24, 2.45) is 5.92 Å². The Hall–Kier alpha value is -1.11. The Balaban J connectivity index is 2.64. The Morgan fingerprint density at radius 2 is 1.85 bits per heavy atom. The first kappa shape index (κ1) is 16.9. The summed E-state index contributed by atoms with van der Waals surface area (Å²) in [6, 6.07) is 0. The summed E-state index contributed by atoms with van der Waals surface area (Å²) >= 11 is 0. The molecule has 1 amide bonds. The van der Waals surface area contributed by atoms with E-state index in [0.29, 0.717) is 18.8 Å². The second kappa shape index (κ2) is 6.56. The molecule has 0 heterocycles. The number of amides is 1. The molecule has 1 rings (SSSR count). The summed E-state index contributed by atoms with van der Waals surface area (Å²) in [6.45, 7) is 2.07. The molecule has 1 fully saturated rings. The Morgan fingerprint density at radius 3 is 2.25 bits per heavy atom. The van der Waals surface area contributed by atoms with Crippen molar-refractivity contribution >= 4 is 21.7 Å². The number of carbonyl (C=O) groups excluding carboxylic acids is 1. The van der Waals surface area contributed by atoms with E-state index in [1.165, 1.54) is 0 Å². The molecule has 1 aliphatic rings. The topological polar surface area (TPSA) is 101 Å². The zero-order valence-corrected chi connectivity index (χ0v) is 12.8. The molecule has 7 heteroatoms. The lowest BCUT2D eigenvalue weighted by molar-refractivity contribution is -0.149. The Kier molecular flexibility index (Phi) is 5.56. The van der Waals surface area contributed by atoms with Gasteiger partial charge in [0.05, 0.1) is 5.75 Å². The maximum atomic E-state index is 11.8. The summed E-state index contributed by atoms with van der Waals surface area (Å²) in [7, 11) is -3.22. The third-order valence-corrected chi connectivity index (χ3v) is 4.97. The highest BCUT2D eigenvalue weighted by Crippen LogP contribution is 2.34. The predicted molar refractivity (Wildman–Crippen MR) is 75.1 cm³/mol. The van der Waals surface area contributed by atoms with Crippen LogP contribution in [-0.2, 0) is 19.4 Å². The second-order valence-electron chi connectivity index (χ2n) is 5.67. The summed E-state index contributed by atoms with van der Waals surface area (Å²) in [5, 5.41) is 11.9. The summed E-state index contributed by atoms with van der Waals surface area (Å²) in [5.41, 5.74) is -1.22. The van der Waals surface area contributed by atoms with Crippen LogP contribution in [0.4, 0.5) is 0 Å². The van der Waals surface area contributed by atoms with Crippen LogP contribution in [0.25, 0.3) is 0 Å². The Labute approximate surface area is 119 Å². The molecular formula is C13H23NO5S. The minimum absolute atomic E-state index is 0.189. The number of hydrogen-bond acceptors (Lipinski definition) is 4. The van der Waals surface area contributed by atoms with Gasteiger partial charge in [0.15, 0.2) is 0 Å². The van der Waals surface area contributed by atoms with Gasteiger partial charge in [0, 0.05) is 12.7 Å². The van der Waals surface area contributed by atoms with Crippen LogP contribution in [0.3, 0.4) is 0 Å². The summed E-state index contributed by atoms with van der Waals surface area (Å²) in [4.78, 5) is 23.3. The van der Waals surface area contributed by atoms with Crippen LogP contribution in [-0.4, -0.2) is 42.9 Å². The third-order valence-electron chi connectivity index (χ3n) is 4.02. The van der Waals surface area contributed by atoms with Crippen LogP contribution in [0.15, 0.2) is 0 Å². The molecule has 6 nitrogen and oxygen atoms in total. The predicted octanol–water partition coefficient (Wildman–Crippen LogP) is 0.961. The van der Waals surface area contributed by atoms with Crippen molar-refractivity contribution in [1.82, 2.24) is 5.32 Å². The van der Waals surface area contributed by atoms with Crippen LogP contribution >= 0.6 is 0 Å². The number of carboxylic acid groups (broad SMARTS) is 1. The number of carboxylic acids is 1. The van der Waals surface area contributed by atoms with Crippen LogP contribution in [0, 0.1) is 5.92 Å². The quantitative estimate of drug-likeness (QED) is 0.761. The van der Waals surface area contributed by atoms with Gasteiger partial charge in [-0.15, -0.1) is 0 Å². The molecule has 116 valence electrons. The fourth-order valence-electron chi connectivity index (χ4n) is 2.58. The van der Waals surface area contributed by atoms with Gasteiger partial charge in [0.25, 0.3) is 0 Å². The van der Waals surface area contributed by atoms with E-state index in [4.69, 9.17) is 0 Å². The Morgan fingerprint density at radius 1 is 1.30 bits per heavy atom. The molecule has 0 bridgehead atoms. The molecule has 0 aromatic rings. The molecule has 1 aliphatic carbocycles. The van der Waals surface area contributed by atoms with Crippen molar-refractivity contribution in [2.75, 3.05) is 12.0 Å². The van der Waals surface area contributed by atoms with Gasteiger partial charge in [-0.1, -0.05) is 13.3 Å². The molecule has 0 spiro atoms. The SMILES string of the molecule is CCC1CCC(NC(=O)CCS(C)(=O)=O)(C(=O)O)CC1. The first-order valence-electron chi connectivity index (χ1n) is 6.90. The number of aliphatic carboxylic acids is 1. The zero-order chi connectivity index (χ0) is 15.4. The monoisotopic (exact) mass is 305 g/mol. The largest absolute Gasteiger partial charge is 0.480 e. The summed E-state index contributed by atoms with van der Waals surface area (Å²) < 4.78 is 22.1. The molecule has 0 atom stereocenters. The van der Waals surface area contributed by atoms with Crippen molar-refractivity contribution in [1.29, 1.82) is 0 Å². The van der Waals surface area contributed by atoms with Crippen LogP contribution in [0.2, 0.25) is 0 Å². The molecule has 20 heavy (non-hydrogen) atoms. The molecule has 0 saturated heterocycles. The zero-order valence-electron chi connectivity index (χ0n) is 12.0. The van der Waals surface area contributed by atoms with Crippen molar-refractivity contribution in [3.05, 3.63) is 0 Å². The fraction of sp³-hybridized carbons (Fsp3) is 0.846. The molecule has 2 N–H and O–H groups in total. The molecule has 0 aromatic carbocycles. The highest BCUT2D eigenvalue weighted by atomic mass is 32.2. The maximum Gasteiger partial charge on any atom is 0.329 e. The smallest absolute Gasteiger partial charge is 0.329 e. The van der Waals surface area contributed by atoms with E-state index in [2.05, 4.69) is 12.2 Å². The average Bonchev–Trinajstić information content (AvgIpc) is 2.36. The van der Waals surface area contributed by atoms with Crippen LogP contribution < -0.4 is 5.32 Å². The van der Waals surface area contributed by atoms with Crippen molar-refractivity contribution in [3.8, 4) is 0 Å². The van der Waals surface area contributed by atoms with E-state index >= 15 is 0 Å². The van der Waals surface area contributed by atoms with Gasteiger partial charge in [-0.25, -0.2) is 13.2 Å². The normalized spacial score (nSPS) is 27.0. The molecule has 0 aliphatic heterocycles. The lowest BCUT2D eigenvalue weighted by Gasteiger charge is -2.37. The van der Waals surface area contributed by atoms with E-state index in [1.807, 2.05) is 0 Å². The molecule has 0 radical (unpaired) electrons. The molecule has 1 saturated carbocycles. The van der Waals surface area contributed by atoms with Gasteiger partial charge < -0.3 is 10.4 Å². The van der Waals surface area contributed by atoms with Gasteiger partial charge >= 0.3 is 5.97 Å². The lowest BCUT2D eigenvalue weighted by atomic mass is 9.75. The van der Waals surface area contributed by atoms with E-state index in [1.54, 1.807) is 0 Å². The summed E-state index contributed by atoms with van der Waals surface area (Å²) in [6.07, 6.45) is 4.24. The Bertz CT molecular complexity index is 463. The number of rotatable bonds is 6. The fourth-order valence-corrected chi connectivity index (χ4v) is 3.13. The first-order chi connectivity index (χ1) is 9.18. The van der Waals surface area contributed by atoms with E-state index < -0.39 is 27.3 Å². The standard InChI is InChI=1S/C13H23NO5S/c1-3-10-4-7-13(8-5-10,12(16)17)14-11(15)6-9-20(2,18)19/h10H,3-9H2,1-2H3,(H,14,15)(H,16,17). The number of hydrogen-bond donors (Lipinski definition) is 2. The first-order valence-corrected chi connectivity index (χ1v) is 8.97. The van der Waals surface area contributed by atoms with Crippen LogP contribution in [0.1, 0.15) is 45.4 Å². The minimum Gasteiger partial charge on any atom is -0.480 e. The summed E-state index contributed by atoms with van der Waals surface area (Å²) in [5.74, 6) is -1.28. The molecular weight excluding hydrogens is 282 g/mol. The highest BCUT2D eigenvalue weighted by molar-refractivity contribution is 7.90. The maximum absolute atomic E-state index is 11.8. The number of sulfone groups is 1. The van der Waals surface area contributed by atoms with Crippen LogP contribution in [0.5, 0.6) is 0 Å². The third kappa shape index (κ3) is 4.77. The van der Waals surface area contributed by atoms with Gasteiger partial charge in [0.1, 0.15) is 15.4 Å². The minimum atomic E-state index is -3.22. The van der Waals surface area contributed by atoms with Crippen molar-refractivity contribution in [3.63, 3.8) is 0 Å². The highest BCUT2D eigenvalue weighted by Gasteiger charge is 2.42. The van der Waals surface area contributed by atoms with Gasteiger partial charge in [0.2, 0.25) is 5.91 Å².